The summed E-state index contributed by atoms with van der Waals surface area (Å²) in [5.74, 6) is -0.199. The molecule has 0 unspecified atom stereocenters. The lowest BCUT2D eigenvalue weighted by atomic mass is 9.97. The Kier molecular flexibility index (Phi) is 5.46. The molecule has 1 atom stereocenters. The number of amides is 2. The Bertz CT molecular complexity index is 647. The molecule has 0 aliphatic carbocycles. The quantitative estimate of drug-likeness (QED) is 0.915. The predicted octanol–water partition coefficient (Wildman–Crippen LogP) is 2.88. The molecule has 2 aliphatic heterocycles. The van der Waals surface area contributed by atoms with Crippen molar-refractivity contribution in [3.8, 4) is 0 Å². The van der Waals surface area contributed by atoms with Gasteiger partial charge in [-0.25, -0.2) is 4.79 Å². The average molecular weight is 345 g/mol. The maximum Gasteiger partial charge on any atom is 0.409 e. The van der Waals surface area contributed by atoms with Gasteiger partial charge in [-0.05, 0) is 56.4 Å². The van der Waals surface area contributed by atoms with Crippen molar-refractivity contribution in [1.29, 1.82) is 0 Å². The molecule has 6 heteroatoms. The van der Waals surface area contributed by atoms with Crippen molar-refractivity contribution in [3.05, 3.63) is 23.8 Å². The second-order valence-corrected chi connectivity index (χ2v) is 6.84. The topological polar surface area (TPSA) is 61.9 Å². The van der Waals surface area contributed by atoms with Gasteiger partial charge in [0.25, 0.3) is 0 Å². The van der Waals surface area contributed by atoms with E-state index in [4.69, 9.17) is 4.74 Å². The molecule has 3 rings (SSSR count). The van der Waals surface area contributed by atoms with Crippen molar-refractivity contribution >= 4 is 23.4 Å². The third-order valence-electron chi connectivity index (χ3n) is 5.02. The highest BCUT2D eigenvalue weighted by Gasteiger charge is 2.29. The number of ether oxygens (including phenoxy) is 1. The van der Waals surface area contributed by atoms with Gasteiger partial charge in [0.1, 0.15) is 0 Å². The number of anilines is 2. The summed E-state index contributed by atoms with van der Waals surface area (Å²) in [6.45, 7) is 4.31. The molecule has 1 N–H and O–H groups in total. The molecule has 1 aromatic carbocycles. The van der Waals surface area contributed by atoms with Gasteiger partial charge < -0.3 is 19.9 Å². The number of piperidine rings is 1. The molecule has 25 heavy (non-hydrogen) atoms. The monoisotopic (exact) mass is 345 g/mol. The van der Waals surface area contributed by atoms with Crippen LogP contribution >= 0.6 is 0 Å². The molecule has 1 saturated heterocycles. The number of likely N-dealkylation sites (tertiary alicyclic amines) is 1. The zero-order valence-corrected chi connectivity index (χ0v) is 15.1. The molecule has 2 amide bonds. The minimum atomic E-state index is -0.322. The van der Waals surface area contributed by atoms with E-state index >= 15 is 0 Å². The number of nitrogens with one attached hydrogen (secondary N) is 1. The molecule has 0 radical (unpaired) electrons. The molecule has 2 aliphatic rings. The SMILES string of the molecule is CCOC(=O)N1CCC[C@@H](C(=O)Nc2ccc3c(c2)CCCN3C)C1. The lowest BCUT2D eigenvalue weighted by Gasteiger charge is -2.31. The molecule has 0 saturated carbocycles. The van der Waals surface area contributed by atoms with Crippen LogP contribution in [0, 0.1) is 5.92 Å². The predicted molar refractivity (Wildman–Crippen MR) is 98.0 cm³/mol. The van der Waals surface area contributed by atoms with Gasteiger partial charge in [-0.1, -0.05) is 0 Å². The van der Waals surface area contributed by atoms with Gasteiger partial charge in [0, 0.05) is 38.1 Å². The van der Waals surface area contributed by atoms with Crippen LogP contribution in [0.4, 0.5) is 16.2 Å². The highest BCUT2D eigenvalue weighted by atomic mass is 16.6. The second kappa shape index (κ2) is 7.76. The Balaban J connectivity index is 1.63. The van der Waals surface area contributed by atoms with Crippen molar-refractivity contribution in [2.45, 2.75) is 32.6 Å². The van der Waals surface area contributed by atoms with Gasteiger partial charge in [0.15, 0.2) is 0 Å². The number of fused-ring (bicyclic) bond motifs is 1. The smallest absolute Gasteiger partial charge is 0.409 e. The van der Waals surface area contributed by atoms with Crippen molar-refractivity contribution in [1.82, 2.24) is 4.90 Å². The summed E-state index contributed by atoms with van der Waals surface area (Å²) in [6, 6.07) is 6.12. The number of aryl methyl sites for hydroxylation is 1. The van der Waals surface area contributed by atoms with E-state index in [0.717, 1.165) is 37.9 Å². The van der Waals surface area contributed by atoms with Crippen LogP contribution in [-0.4, -0.2) is 50.2 Å². The number of nitrogens with zero attached hydrogens (tertiary/aromatic N) is 2. The summed E-state index contributed by atoms with van der Waals surface area (Å²) >= 11 is 0. The minimum Gasteiger partial charge on any atom is -0.450 e. The van der Waals surface area contributed by atoms with Crippen molar-refractivity contribution in [3.63, 3.8) is 0 Å². The maximum atomic E-state index is 12.6. The Labute approximate surface area is 149 Å². The van der Waals surface area contributed by atoms with E-state index in [1.54, 1.807) is 11.8 Å². The van der Waals surface area contributed by atoms with Gasteiger partial charge in [0.2, 0.25) is 5.91 Å². The molecular formula is C19H27N3O3. The van der Waals surface area contributed by atoms with Gasteiger partial charge in [0.05, 0.1) is 12.5 Å². The number of hydrogen-bond acceptors (Lipinski definition) is 4. The Morgan fingerprint density at radius 2 is 2.12 bits per heavy atom. The molecule has 1 aromatic rings. The zero-order valence-electron chi connectivity index (χ0n) is 15.1. The van der Waals surface area contributed by atoms with E-state index in [1.807, 2.05) is 6.07 Å². The Morgan fingerprint density at radius 1 is 1.28 bits per heavy atom. The zero-order chi connectivity index (χ0) is 17.8. The Hall–Kier alpha value is -2.24. The van der Waals surface area contributed by atoms with E-state index in [2.05, 4.69) is 29.4 Å². The molecule has 2 heterocycles. The molecule has 1 fully saturated rings. The van der Waals surface area contributed by atoms with Gasteiger partial charge >= 0.3 is 6.09 Å². The molecular weight excluding hydrogens is 318 g/mol. The molecule has 6 nitrogen and oxygen atoms in total. The molecule has 0 bridgehead atoms. The van der Waals surface area contributed by atoms with Crippen molar-refractivity contribution < 1.29 is 14.3 Å². The van der Waals surface area contributed by atoms with Crippen LogP contribution in [0.2, 0.25) is 0 Å². The summed E-state index contributed by atoms with van der Waals surface area (Å²) in [5, 5.41) is 3.03. The van der Waals surface area contributed by atoms with Crippen molar-refractivity contribution in [2.75, 3.05) is 43.5 Å². The first-order valence-electron chi connectivity index (χ1n) is 9.15. The highest BCUT2D eigenvalue weighted by molar-refractivity contribution is 5.93. The number of benzene rings is 1. The van der Waals surface area contributed by atoms with Crippen LogP contribution in [0.3, 0.4) is 0 Å². The fourth-order valence-corrected chi connectivity index (χ4v) is 3.68. The summed E-state index contributed by atoms with van der Waals surface area (Å²) in [5.41, 5.74) is 3.37. The van der Waals surface area contributed by atoms with Crippen molar-refractivity contribution in [2.24, 2.45) is 5.92 Å². The number of hydrogen-bond donors (Lipinski definition) is 1. The van der Waals surface area contributed by atoms with Crippen LogP contribution < -0.4 is 10.2 Å². The average Bonchev–Trinajstić information content (AvgIpc) is 2.62. The normalized spacial score (nSPS) is 20.0. The summed E-state index contributed by atoms with van der Waals surface area (Å²) in [4.78, 5) is 28.4. The van der Waals surface area contributed by atoms with E-state index in [-0.39, 0.29) is 17.9 Å². The van der Waals surface area contributed by atoms with Crippen LogP contribution in [0.1, 0.15) is 31.7 Å². The summed E-state index contributed by atoms with van der Waals surface area (Å²) in [7, 11) is 2.10. The molecule has 0 aromatic heterocycles. The third-order valence-corrected chi connectivity index (χ3v) is 5.02. The van der Waals surface area contributed by atoms with Gasteiger partial charge in [-0.3, -0.25) is 4.79 Å². The number of carbonyl (C=O) groups is 2. The number of rotatable bonds is 3. The second-order valence-electron chi connectivity index (χ2n) is 6.84. The minimum absolute atomic E-state index is 0.0156. The van der Waals surface area contributed by atoms with E-state index < -0.39 is 0 Å². The van der Waals surface area contributed by atoms with E-state index in [0.29, 0.717) is 19.7 Å². The van der Waals surface area contributed by atoms with Gasteiger partial charge in [-0.2, -0.15) is 0 Å². The van der Waals surface area contributed by atoms with E-state index in [1.165, 1.54) is 11.3 Å². The van der Waals surface area contributed by atoms with Crippen LogP contribution in [0.15, 0.2) is 18.2 Å². The van der Waals surface area contributed by atoms with Crippen LogP contribution in [0.5, 0.6) is 0 Å². The summed E-state index contributed by atoms with van der Waals surface area (Å²) in [6.07, 6.45) is 3.49. The largest absolute Gasteiger partial charge is 0.450 e. The Morgan fingerprint density at radius 3 is 2.92 bits per heavy atom. The number of carbonyl (C=O) groups excluding carboxylic acids is 2. The standard InChI is InChI=1S/C19H27N3O3/c1-3-25-19(24)22-11-5-7-15(13-22)18(23)20-16-8-9-17-14(12-16)6-4-10-21(17)2/h8-9,12,15H,3-7,10-11,13H2,1-2H3,(H,20,23)/t15-/m1/s1. The fourth-order valence-electron chi connectivity index (χ4n) is 3.68. The molecule has 136 valence electrons. The van der Waals surface area contributed by atoms with Crippen LogP contribution in [-0.2, 0) is 16.0 Å². The summed E-state index contributed by atoms with van der Waals surface area (Å²) < 4.78 is 5.05. The first-order chi connectivity index (χ1) is 12.1. The fraction of sp³-hybridized carbons (Fsp3) is 0.579. The first kappa shape index (κ1) is 17.6. The van der Waals surface area contributed by atoms with Crippen LogP contribution in [0.25, 0.3) is 0 Å². The van der Waals surface area contributed by atoms with Gasteiger partial charge in [-0.15, -0.1) is 0 Å². The first-order valence-corrected chi connectivity index (χ1v) is 9.15. The lowest BCUT2D eigenvalue weighted by molar-refractivity contribution is -0.121. The maximum absolute atomic E-state index is 12.6. The third kappa shape index (κ3) is 4.06. The highest BCUT2D eigenvalue weighted by Crippen LogP contribution is 2.29. The lowest BCUT2D eigenvalue weighted by Crippen LogP contribution is -2.44. The molecule has 0 spiro atoms. The van der Waals surface area contributed by atoms with E-state index in [9.17, 15) is 9.59 Å².